The molecule has 4 atom stereocenters. The Morgan fingerprint density at radius 3 is 2.43 bits per heavy atom. The third kappa shape index (κ3) is 4.24. The van der Waals surface area contributed by atoms with Gasteiger partial charge in [0, 0.05) is 18.7 Å². The Kier molecular flexibility index (Phi) is 6.17. The number of imide groups is 1. The summed E-state index contributed by atoms with van der Waals surface area (Å²) >= 11 is 0. The molecule has 3 fully saturated rings. The Balaban J connectivity index is 1.25. The highest BCUT2D eigenvalue weighted by Gasteiger charge is 2.50. The third-order valence-electron chi connectivity index (χ3n) is 7.62. The zero-order valence-electron chi connectivity index (χ0n) is 20.1. The molecule has 35 heavy (non-hydrogen) atoms. The molecule has 3 aliphatic rings. The van der Waals surface area contributed by atoms with E-state index in [9.17, 15) is 19.2 Å². The summed E-state index contributed by atoms with van der Waals surface area (Å²) in [5.74, 6) is -1.06. The highest BCUT2D eigenvalue weighted by molar-refractivity contribution is 6.22. The molecule has 7 heteroatoms. The van der Waals surface area contributed by atoms with Crippen molar-refractivity contribution in [2.45, 2.75) is 46.0 Å². The Morgan fingerprint density at radius 2 is 1.69 bits per heavy atom. The van der Waals surface area contributed by atoms with Crippen LogP contribution in [0.5, 0.6) is 5.75 Å². The van der Waals surface area contributed by atoms with Crippen LogP contribution in [0, 0.1) is 23.7 Å². The summed E-state index contributed by atoms with van der Waals surface area (Å²) < 4.78 is 5.56. The second kappa shape index (κ2) is 9.29. The zero-order valence-corrected chi connectivity index (χ0v) is 20.1. The van der Waals surface area contributed by atoms with Crippen molar-refractivity contribution >= 4 is 35.1 Å². The largest absolute Gasteiger partial charge is 0.426 e. The number of anilines is 2. The van der Waals surface area contributed by atoms with Gasteiger partial charge >= 0.3 is 5.97 Å². The number of rotatable bonds is 5. The highest BCUT2D eigenvalue weighted by atomic mass is 16.5. The lowest BCUT2D eigenvalue weighted by Crippen LogP contribution is -2.30. The number of amides is 3. The molecule has 2 aromatic carbocycles. The van der Waals surface area contributed by atoms with Crippen molar-refractivity contribution in [3.63, 3.8) is 0 Å². The van der Waals surface area contributed by atoms with Crippen molar-refractivity contribution in [3.8, 4) is 5.75 Å². The van der Waals surface area contributed by atoms with Crippen LogP contribution in [-0.2, 0) is 25.6 Å². The van der Waals surface area contributed by atoms with Gasteiger partial charge in [-0.25, -0.2) is 0 Å². The maximum atomic E-state index is 12.9. The molecule has 2 saturated heterocycles. The predicted octanol–water partition coefficient (Wildman–Crippen LogP) is 4.13. The van der Waals surface area contributed by atoms with Gasteiger partial charge in [0.05, 0.1) is 23.4 Å². The maximum absolute atomic E-state index is 12.9. The SMILES string of the molecule is CCc1ccccc1N1C[C@H](C(=O)Oc2ccc(N3C(=O)[C@H]4C[C@@H](C)CC[C@H]4C3=O)cc2)CC1=O. The van der Waals surface area contributed by atoms with E-state index in [4.69, 9.17) is 4.74 Å². The average Bonchev–Trinajstić information content (AvgIpc) is 3.36. The molecule has 7 nitrogen and oxygen atoms in total. The molecule has 1 aliphatic carbocycles. The van der Waals surface area contributed by atoms with Gasteiger partial charge in [0.25, 0.3) is 0 Å². The lowest BCUT2D eigenvalue weighted by atomic mass is 9.76. The number of aryl methyl sites for hydroxylation is 1. The highest BCUT2D eigenvalue weighted by Crippen LogP contribution is 2.42. The smallest absolute Gasteiger partial charge is 0.316 e. The molecule has 0 radical (unpaired) electrons. The standard InChI is InChI=1S/C28H30N2O5/c1-3-18-6-4-5-7-24(18)29-16-19(15-25(29)31)28(34)35-21-11-9-20(10-12-21)30-26(32)22-13-8-17(2)14-23(22)27(30)33/h4-7,9-12,17,19,22-23H,3,8,13-16H2,1-2H3/t17-,19+,22+,23-/m0/s1. The van der Waals surface area contributed by atoms with Crippen molar-refractivity contribution in [1.29, 1.82) is 0 Å². The van der Waals surface area contributed by atoms with Gasteiger partial charge in [0.1, 0.15) is 5.75 Å². The van der Waals surface area contributed by atoms with E-state index in [2.05, 4.69) is 6.92 Å². The summed E-state index contributed by atoms with van der Waals surface area (Å²) in [6.45, 7) is 4.44. The van der Waals surface area contributed by atoms with Crippen LogP contribution < -0.4 is 14.5 Å². The first-order chi connectivity index (χ1) is 16.9. The molecule has 1 saturated carbocycles. The molecule has 3 amide bonds. The van der Waals surface area contributed by atoms with Crippen molar-refractivity contribution in [2.75, 3.05) is 16.3 Å². The van der Waals surface area contributed by atoms with Crippen LogP contribution in [-0.4, -0.2) is 30.2 Å². The monoisotopic (exact) mass is 474 g/mol. The van der Waals surface area contributed by atoms with Crippen LogP contribution in [0.3, 0.4) is 0 Å². The first-order valence-electron chi connectivity index (χ1n) is 12.4. The number of carbonyl (C=O) groups is 4. The molecule has 2 heterocycles. The summed E-state index contributed by atoms with van der Waals surface area (Å²) in [7, 11) is 0. The summed E-state index contributed by atoms with van der Waals surface area (Å²) in [5.41, 5.74) is 2.40. The summed E-state index contributed by atoms with van der Waals surface area (Å²) in [4.78, 5) is 54.3. The summed E-state index contributed by atoms with van der Waals surface area (Å²) in [6.07, 6.45) is 3.37. The molecular formula is C28H30N2O5. The number of benzene rings is 2. The van der Waals surface area contributed by atoms with Crippen LogP contribution >= 0.6 is 0 Å². The number of para-hydroxylation sites is 1. The molecule has 182 valence electrons. The van der Waals surface area contributed by atoms with Crippen molar-refractivity contribution in [3.05, 3.63) is 54.1 Å². The van der Waals surface area contributed by atoms with Gasteiger partial charge in [-0.15, -0.1) is 0 Å². The molecular weight excluding hydrogens is 444 g/mol. The lowest BCUT2D eigenvalue weighted by molar-refractivity contribution is -0.139. The van der Waals surface area contributed by atoms with E-state index in [1.54, 1.807) is 29.2 Å². The van der Waals surface area contributed by atoms with Crippen LogP contribution in [0.25, 0.3) is 0 Å². The van der Waals surface area contributed by atoms with Crippen LogP contribution in [0.1, 0.15) is 45.1 Å². The summed E-state index contributed by atoms with van der Waals surface area (Å²) in [6, 6.07) is 14.2. The number of carbonyl (C=O) groups excluding carboxylic acids is 4. The van der Waals surface area contributed by atoms with Gasteiger partial charge in [-0.05, 0) is 67.5 Å². The Labute approximate surface area is 205 Å². The van der Waals surface area contributed by atoms with Gasteiger partial charge < -0.3 is 9.64 Å². The van der Waals surface area contributed by atoms with Gasteiger partial charge in [-0.1, -0.05) is 32.0 Å². The Hall–Kier alpha value is -3.48. The fraction of sp³-hybridized carbons (Fsp3) is 0.429. The van der Waals surface area contributed by atoms with Crippen molar-refractivity contribution < 1.29 is 23.9 Å². The van der Waals surface area contributed by atoms with E-state index in [1.165, 1.54) is 4.90 Å². The quantitative estimate of drug-likeness (QED) is 0.370. The number of fused-ring (bicyclic) bond motifs is 1. The zero-order chi connectivity index (χ0) is 24.7. The number of nitrogens with zero attached hydrogens (tertiary/aromatic N) is 2. The van der Waals surface area contributed by atoms with Crippen molar-refractivity contribution in [2.24, 2.45) is 23.7 Å². The van der Waals surface area contributed by atoms with E-state index in [-0.39, 0.29) is 42.5 Å². The third-order valence-corrected chi connectivity index (χ3v) is 7.62. The number of esters is 1. The van der Waals surface area contributed by atoms with Crippen LogP contribution in [0.4, 0.5) is 11.4 Å². The van der Waals surface area contributed by atoms with E-state index in [0.717, 1.165) is 36.9 Å². The molecule has 2 aromatic rings. The maximum Gasteiger partial charge on any atom is 0.316 e. The molecule has 0 spiro atoms. The van der Waals surface area contributed by atoms with E-state index < -0.39 is 11.9 Å². The Bertz CT molecular complexity index is 1170. The Morgan fingerprint density at radius 1 is 0.971 bits per heavy atom. The fourth-order valence-electron chi connectivity index (χ4n) is 5.68. The number of hydrogen-bond acceptors (Lipinski definition) is 5. The molecule has 0 aromatic heterocycles. The summed E-state index contributed by atoms with van der Waals surface area (Å²) in [5, 5.41) is 0. The van der Waals surface area contributed by atoms with Gasteiger partial charge in [-0.2, -0.15) is 0 Å². The second-order valence-corrected chi connectivity index (χ2v) is 9.95. The first-order valence-corrected chi connectivity index (χ1v) is 12.4. The topological polar surface area (TPSA) is 84.0 Å². The average molecular weight is 475 g/mol. The van der Waals surface area contributed by atoms with Gasteiger partial charge in [0.15, 0.2) is 0 Å². The number of hydrogen-bond donors (Lipinski definition) is 0. The molecule has 2 aliphatic heterocycles. The van der Waals surface area contributed by atoms with Gasteiger partial charge in [0.2, 0.25) is 17.7 Å². The van der Waals surface area contributed by atoms with E-state index in [0.29, 0.717) is 17.4 Å². The second-order valence-electron chi connectivity index (χ2n) is 9.95. The predicted molar refractivity (Wildman–Crippen MR) is 131 cm³/mol. The fourth-order valence-corrected chi connectivity index (χ4v) is 5.68. The lowest BCUT2D eigenvalue weighted by Gasteiger charge is -2.25. The van der Waals surface area contributed by atoms with Gasteiger partial charge in [-0.3, -0.25) is 24.1 Å². The minimum absolute atomic E-state index is 0.0926. The first kappa shape index (κ1) is 23.3. The number of ether oxygens (including phenoxy) is 1. The van der Waals surface area contributed by atoms with E-state index in [1.807, 2.05) is 31.2 Å². The molecule has 5 rings (SSSR count). The van der Waals surface area contributed by atoms with Crippen molar-refractivity contribution in [1.82, 2.24) is 0 Å². The molecule has 0 bridgehead atoms. The molecule has 0 unspecified atom stereocenters. The van der Waals surface area contributed by atoms with Crippen LogP contribution in [0.15, 0.2) is 48.5 Å². The minimum atomic E-state index is -0.557. The van der Waals surface area contributed by atoms with E-state index >= 15 is 0 Å². The minimum Gasteiger partial charge on any atom is -0.426 e. The van der Waals surface area contributed by atoms with Crippen LogP contribution in [0.2, 0.25) is 0 Å². The normalized spacial score (nSPS) is 26.3. The molecule has 0 N–H and O–H groups in total.